The third-order valence-corrected chi connectivity index (χ3v) is 5.24. The van der Waals surface area contributed by atoms with Crippen molar-refractivity contribution in [2.45, 2.75) is 12.8 Å². The molecule has 0 radical (unpaired) electrons. The molecule has 0 aliphatic carbocycles. The van der Waals surface area contributed by atoms with Crippen LogP contribution in [0.5, 0.6) is 0 Å². The zero-order valence-electron chi connectivity index (χ0n) is 10.1. The fourth-order valence-corrected chi connectivity index (χ4v) is 3.86. The normalized spacial score (nSPS) is 19.7. The highest BCUT2D eigenvalue weighted by Gasteiger charge is 2.17. The van der Waals surface area contributed by atoms with Gasteiger partial charge in [-0.05, 0) is 43.3 Å². The molecule has 1 aromatic rings. The van der Waals surface area contributed by atoms with E-state index < -0.39 is 10.0 Å². The minimum absolute atomic E-state index is 0. The predicted octanol–water partition coefficient (Wildman–Crippen LogP) is 1.24. The Balaban J connectivity index is 0.00000162. The molecular formula is C11H19ClN2O2S2. The van der Waals surface area contributed by atoms with Crippen LogP contribution in [0.2, 0.25) is 0 Å². The van der Waals surface area contributed by atoms with E-state index in [9.17, 15) is 8.42 Å². The number of hydrogen-bond acceptors (Lipinski definition) is 4. The molecule has 1 atom stereocenters. The van der Waals surface area contributed by atoms with Crippen molar-refractivity contribution in [3.63, 3.8) is 0 Å². The summed E-state index contributed by atoms with van der Waals surface area (Å²) < 4.78 is 26.2. The molecule has 2 N–H and O–H groups in total. The van der Waals surface area contributed by atoms with Crippen LogP contribution in [-0.4, -0.2) is 33.8 Å². The molecule has 0 amide bonds. The van der Waals surface area contributed by atoms with Crippen LogP contribution in [0.3, 0.4) is 0 Å². The fraction of sp³-hybridized carbons (Fsp3) is 0.636. The minimum atomic E-state index is -3.12. The Morgan fingerprint density at radius 1 is 1.50 bits per heavy atom. The van der Waals surface area contributed by atoms with Gasteiger partial charge in [-0.1, -0.05) is 6.07 Å². The highest BCUT2D eigenvalue weighted by Crippen LogP contribution is 2.10. The van der Waals surface area contributed by atoms with Crippen molar-refractivity contribution in [1.29, 1.82) is 0 Å². The quantitative estimate of drug-likeness (QED) is 0.831. The van der Waals surface area contributed by atoms with Crippen molar-refractivity contribution in [3.05, 3.63) is 22.4 Å². The molecule has 0 bridgehead atoms. The maximum atomic E-state index is 11.8. The third kappa shape index (κ3) is 5.24. The van der Waals surface area contributed by atoms with Gasteiger partial charge in [0, 0.05) is 11.4 Å². The van der Waals surface area contributed by atoms with Crippen LogP contribution in [-0.2, 0) is 16.4 Å². The molecule has 18 heavy (non-hydrogen) atoms. The number of nitrogens with one attached hydrogen (secondary N) is 2. The summed E-state index contributed by atoms with van der Waals surface area (Å²) in [5.41, 5.74) is 0. The second-order valence-electron chi connectivity index (χ2n) is 4.36. The molecule has 0 saturated carbocycles. The maximum Gasteiger partial charge on any atom is 0.211 e. The first-order valence-electron chi connectivity index (χ1n) is 5.86. The van der Waals surface area contributed by atoms with E-state index in [1.54, 1.807) is 11.3 Å². The molecule has 1 saturated heterocycles. The fourth-order valence-electron chi connectivity index (χ4n) is 1.90. The molecule has 1 aliphatic rings. The number of rotatable bonds is 6. The largest absolute Gasteiger partial charge is 0.316 e. The average Bonchev–Trinajstić information content (AvgIpc) is 2.97. The van der Waals surface area contributed by atoms with Crippen LogP contribution < -0.4 is 10.0 Å². The Labute approximate surface area is 119 Å². The lowest BCUT2D eigenvalue weighted by atomic mass is 10.1. The Bertz CT molecular complexity index is 428. The van der Waals surface area contributed by atoms with Crippen molar-refractivity contribution >= 4 is 33.8 Å². The lowest BCUT2D eigenvalue weighted by Crippen LogP contribution is -2.32. The number of hydrogen-bond donors (Lipinski definition) is 2. The van der Waals surface area contributed by atoms with Gasteiger partial charge < -0.3 is 5.32 Å². The lowest BCUT2D eigenvalue weighted by Gasteiger charge is -2.10. The number of aryl methyl sites for hydroxylation is 1. The zero-order chi connectivity index (χ0) is 12.1. The smallest absolute Gasteiger partial charge is 0.211 e. The molecule has 1 fully saturated rings. The van der Waals surface area contributed by atoms with Crippen LogP contribution in [0.4, 0.5) is 0 Å². The van der Waals surface area contributed by atoms with Gasteiger partial charge in [0.1, 0.15) is 0 Å². The highest BCUT2D eigenvalue weighted by atomic mass is 35.5. The van der Waals surface area contributed by atoms with Gasteiger partial charge in [-0.2, -0.15) is 0 Å². The van der Waals surface area contributed by atoms with E-state index in [0.717, 1.165) is 24.4 Å². The van der Waals surface area contributed by atoms with Gasteiger partial charge in [-0.15, -0.1) is 23.7 Å². The van der Waals surface area contributed by atoms with Crippen molar-refractivity contribution in [3.8, 4) is 0 Å². The van der Waals surface area contributed by atoms with Crippen LogP contribution in [0.25, 0.3) is 0 Å². The summed E-state index contributed by atoms with van der Waals surface area (Å²) in [6.45, 7) is 2.49. The van der Waals surface area contributed by atoms with Gasteiger partial charge in [0.2, 0.25) is 10.0 Å². The highest BCUT2D eigenvalue weighted by molar-refractivity contribution is 7.89. The summed E-state index contributed by atoms with van der Waals surface area (Å²) in [5.74, 6) is 0.639. The van der Waals surface area contributed by atoms with E-state index in [2.05, 4.69) is 10.0 Å². The second kappa shape index (κ2) is 7.45. The summed E-state index contributed by atoms with van der Waals surface area (Å²) in [5, 5.41) is 5.20. The lowest BCUT2D eigenvalue weighted by molar-refractivity contribution is 0.538. The van der Waals surface area contributed by atoms with Crippen LogP contribution in [0.15, 0.2) is 17.5 Å². The van der Waals surface area contributed by atoms with Crippen molar-refractivity contribution < 1.29 is 8.42 Å². The SMILES string of the molecule is Cl.O=S(=O)(CCc1cccs1)NCC1CCNC1. The first-order valence-corrected chi connectivity index (χ1v) is 8.39. The predicted molar refractivity (Wildman–Crippen MR) is 78.0 cm³/mol. The van der Waals surface area contributed by atoms with Crippen molar-refractivity contribution in [2.75, 3.05) is 25.4 Å². The van der Waals surface area contributed by atoms with Gasteiger partial charge in [-0.25, -0.2) is 13.1 Å². The monoisotopic (exact) mass is 310 g/mol. The molecule has 0 spiro atoms. The molecule has 1 unspecified atom stereocenters. The third-order valence-electron chi connectivity index (χ3n) is 2.95. The second-order valence-corrected chi connectivity index (χ2v) is 7.31. The zero-order valence-corrected chi connectivity index (χ0v) is 12.5. The Kier molecular flexibility index (Phi) is 6.59. The molecule has 7 heteroatoms. The standard InChI is InChI=1S/C11H18N2O2S2.ClH/c14-17(15,7-4-11-2-1-6-16-11)13-9-10-3-5-12-8-10;/h1-2,6,10,12-13H,3-5,7-9H2;1H. The van der Waals surface area contributed by atoms with E-state index in [1.165, 1.54) is 0 Å². The molecule has 1 aliphatic heterocycles. The Morgan fingerprint density at radius 2 is 2.33 bits per heavy atom. The molecule has 2 heterocycles. The number of halogens is 1. The molecular weight excluding hydrogens is 292 g/mol. The van der Waals surface area contributed by atoms with E-state index in [-0.39, 0.29) is 18.2 Å². The Hall–Kier alpha value is -0.140. The number of thiophene rings is 1. The number of sulfonamides is 1. The van der Waals surface area contributed by atoms with E-state index in [4.69, 9.17) is 0 Å². The van der Waals surface area contributed by atoms with E-state index in [0.29, 0.717) is 18.9 Å². The molecule has 4 nitrogen and oxygen atoms in total. The first-order chi connectivity index (χ1) is 8.16. The van der Waals surface area contributed by atoms with Crippen molar-refractivity contribution in [1.82, 2.24) is 10.0 Å². The van der Waals surface area contributed by atoms with Gasteiger partial charge >= 0.3 is 0 Å². The first kappa shape index (κ1) is 15.9. The molecule has 2 rings (SSSR count). The maximum absolute atomic E-state index is 11.8. The van der Waals surface area contributed by atoms with Crippen LogP contribution >= 0.6 is 23.7 Å². The topological polar surface area (TPSA) is 58.2 Å². The summed E-state index contributed by atoms with van der Waals surface area (Å²) >= 11 is 1.60. The minimum Gasteiger partial charge on any atom is -0.316 e. The summed E-state index contributed by atoms with van der Waals surface area (Å²) in [6.07, 6.45) is 1.67. The molecule has 1 aromatic heterocycles. The van der Waals surface area contributed by atoms with Crippen molar-refractivity contribution in [2.24, 2.45) is 5.92 Å². The van der Waals surface area contributed by atoms with E-state index in [1.807, 2.05) is 17.5 Å². The van der Waals surface area contributed by atoms with Gasteiger partial charge in [-0.3, -0.25) is 0 Å². The van der Waals surface area contributed by atoms with E-state index >= 15 is 0 Å². The van der Waals surface area contributed by atoms with Gasteiger partial charge in [0.25, 0.3) is 0 Å². The summed E-state index contributed by atoms with van der Waals surface area (Å²) in [4.78, 5) is 1.12. The summed E-state index contributed by atoms with van der Waals surface area (Å²) in [6, 6.07) is 3.92. The molecule has 104 valence electrons. The van der Waals surface area contributed by atoms with Gasteiger partial charge in [0.05, 0.1) is 5.75 Å². The van der Waals surface area contributed by atoms with Crippen LogP contribution in [0, 0.1) is 5.92 Å². The molecule has 0 aromatic carbocycles. The van der Waals surface area contributed by atoms with Gasteiger partial charge in [0.15, 0.2) is 0 Å². The summed E-state index contributed by atoms with van der Waals surface area (Å²) in [7, 11) is -3.12. The Morgan fingerprint density at radius 3 is 2.94 bits per heavy atom. The average molecular weight is 311 g/mol. The van der Waals surface area contributed by atoms with Crippen LogP contribution in [0.1, 0.15) is 11.3 Å².